The standard InChI is InChI=1S/C10H17N/c1-5-9(2)7-6-8-10(3)11-4/h5-7H,8H2,1-4H3/b7-6-,9-5?,11-10?. The molecule has 0 aliphatic heterocycles. The van der Waals surface area contributed by atoms with Gasteiger partial charge in [-0.05, 0) is 20.8 Å². The topological polar surface area (TPSA) is 12.4 Å². The number of allylic oxidation sites excluding steroid dienone is 4. The van der Waals surface area contributed by atoms with Crippen molar-refractivity contribution in [1.29, 1.82) is 0 Å². The molecular formula is C10H17N. The molecule has 0 N–H and O–H groups in total. The van der Waals surface area contributed by atoms with E-state index in [4.69, 9.17) is 0 Å². The van der Waals surface area contributed by atoms with Gasteiger partial charge in [0.1, 0.15) is 0 Å². The van der Waals surface area contributed by atoms with Gasteiger partial charge in [-0.2, -0.15) is 0 Å². The largest absolute Gasteiger partial charge is 0.297 e. The molecule has 0 saturated heterocycles. The predicted octanol–water partition coefficient (Wildman–Crippen LogP) is 2.99. The maximum Gasteiger partial charge on any atom is 0.0276 e. The average molecular weight is 151 g/mol. The van der Waals surface area contributed by atoms with Crippen LogP contribution in [0.2, 0.25) is 0 Å². The van der Waals surface area contributed by atoms with E-state index in [-0.39, 0.29) is 0 Å². The van der Waals surface area contributed by atoms with Gasteiger partial charge < -0.3 is 0 Å². The predicted molar refractivity (Wildman–Crippen MR) is 52.2 cm³/mol. The molecule has 0 aromatic heterocycles. The summed E-state index contributed by atoms with van der Waals surface area (Å²) in [5, 5.41) is 0. The lowest BCUT2D eigenvalue weighted by atomic mass is 10.2. The Labute approximate surface area is 69.5 Å². The highest BCUT2D eigenvalue weighted by molar-refractivity contribution is 5.83. The van der Waals surface area contributed by atoms with Crippen LogP contribution in [0.25, 0.3) is 0 Å². The van der Waals surface area contributed by atoms with Crippen LogP contribution in [-0.4, -0.2) is 12.8 Å². The minimum absolute atomic E-state index is 0.960. The van der Waals surface area contributed by atoms with Crippen LogP contribution in [-0.2, 0) is 0 Å². The monoisotopic (exact) mass is 151 g/mol. The highest BCUT2D eigenvalue weighted by Crippen LogP contribution is 1.96. The van der Waals surface area contributed by atoms with E-state index < -0.39 is 0 Å². The molecule has 0 heterocycles. The van der Waals surface area contributed by atoms with Crippen LogP contribution in [0, 0.1) is 0 Å². The maximum atomic E-state index is 4.06. The van der Waals surface area contributed by atoms with Crippen molar-refractivity contribution in [3.05, 3.63) is 23.8 Å². The number of aliphatic imine (C=N–C) groups is 1. The molecule has 0 amide bonds. The summed E-state index contributed by atoms with van der Waals surface area (Å²) in [5.74, 6) is 0. The first-order valence-electron chi connectivity index (χ1n) is 3.92. The summed E-state index contributed by atoms with van der Waals surface area (Å²) in [5.41, 5.74) is 2.47. The zero-order chi connectivity index (χ0) is 8.69. The molecule has 0 radical (unpaired) electrons. The minimum atomic E-state index is 0.960. The number of nitrogens with zero attached hydrogens (tertiary/aromatic N) is 1. The minimum Gasteiger partial charge on any atom is -0.297 e. The van der Waals surface area contributed by atoms with E-state index in [2.05, 4.69) is 30.1 Å². The van der Waals surface area contributed by atoms with Gasteiger partial charge in [-0.3, -0.25) is 4.99 Å². The molecule has 0 saturated carbocycles. The molecule has 0 aliphatic carbocycles. The van der Waals surface area contributed by atoms with Gasteiger partial charge in [-0.1, -0.05) is 23.8 Å². The van der Waals surface area contributed by atoms with Crippen molar-refractivity contribution in [3.8, 4) is 0 Å². The van der Waals surface area contributed by atoms with Crippen LogP contribution in [0.1, 0.15) is 27.2 Å². The van der Waals surface area contributed by atoms with Crippen LogP contribution in [0.15, 0.2) is 28.8 Å². The molecule has 0 bridgehead atoms. The van der Waals surface area contributed by atoms with Crippen LogP contribution in [0.4, 0.5) is 0 Å². The van der Waals surface area contributed by atoms with Crippen LogP contribution < -0.4 is 0 Å². The molecule has 1 nitrogen and oxygen atoms in total. The zero-order valence-electron chi connectivity index (χ0n) is 7.89. The van der Waals surface area contributed by atoms with Crippen molar-refractivity contribution in [2.75, 3.05) is 7.05 Å². The van der Waals surface area contributed by atoms with Gasteiger partial charge >= 0.3 is 0 Å². The molecule has 0 fully saturated rings. The fourth-order valence-electron chi connectivity index (χ4n) is 0.603. The summed E-state index contributed by atoms with van der Waals surface area (Å²) in [6.07, 6.45) is 7.31. The lowest BCUT2D eigenvalue weighted by molar-refractivity contribution is 1.32. The first-order valence-corrected chi connectivity index (χ1v) is 3.92. The molecule has 11 heavy (non-hydrogen) atoms. The van der Waals surface area contributed by atoms with Crippen LogP contribution >= 0.6 is 0 Å². The normalized spacial score (nSPS) is 14.5. The molecule has 0 unspecified atom stereocenters. The van der Waals surface area contributed by atoms with E-state index in [0.717, 1.165) is 6.42 Å². The van der Waals surface area contributed by atoms with Gasteiger partial charge in [-0.15, -0.1) is 0 Å². The summed E-state index contributed by atoms with van der Waals surface area (Å²) in [6, 6.07) is 0. The summed E-state index contributed by atoms with van der Waals surface area (Å²) in [7, 11) is 1.83. The fourth-order valence-corrected chi connectivity index (χ4v) is 0.603. The van der Waals surface area contributed by atoms with Gasteiger partial charge in [-0.25, -0.2) is 0 Å². The smallest absolute Gasteiger partial charge is 0.0276 e. The van der Waals surface area contributed by atoms with Gasteiger partial charge in [0, 0.05) is 19.2 Å². The molecule has 0 aromatic rings. The highest BCUT2D eigenvalue weighted by Gasteiger charge is 1.83. The fraction of sp³-hybridized carbons (Fsp3) is 0.500. The second-order valence-corrected chi connectivity index (χ2v) is 2.60. The Hall–Kier alpha value is -0.850. The van der Waals surface area contributed by atoms with E-state index >= 15 is 0 Å². The first-order chi connectivity index (χ1) is 5.20. The van der Waals surface area contributed by atoms with Crippen molar-refractivity contribution in [3.63, 3.8) is 0 Å². The van der Waals surface area contributed by atoms with Crippen molar-refractivity contribution in [1.82, 2.24) is 0 Å². The third-order valence-corrected chi connectivity index (χ3v) is 1.63. The third kappa shape index (κ3) is 5.59. The second kappa shape index (κ2) is 5.90. The Bertz CT molecular complexity index is 185. The van der Waals surface area contributed by atoms with Gasteiger partial charge in [0.05, 0.1) is 0 Å². The molecule has 0 rings (SSSR count). The molecule has 1 heteroatoms. The highest BCUT2D eigenvalue weighted by atomic mass is 14.7. The molecule has 62 valence electrons. The Morgan fingerprint density at radius 3 is 2.45 bits per heavy atom. The molecule has 0 aliphatic rings. The lowest BCUT2D eigenvalue weighted by Crippen LogP contribution is -1.86. The summed E-state index contributed by atoms with van der Waals surface area (Å²) < 4.78 is 0. The SMILES string of the molecule is CC=C(C)/C=C\CC(C)=NC. The van der Waals surface area contributed by atoms with E-state index in [1.165, 1.54) is 11.3 Å². The number of rotatable bonds is 3. The molecular weight excluding hydrogens is 134 g/mol. The molecule has 0 aromatic carbocycles. The number of hydrogen-bond donors (Lipinski definition) is 0. The van der Waals surface area contributed by atoms with Crippen molar-refractivity contribution in [2.24, 2.45) is 4.99 Å². The van der Waals surface area contributed by atoms with E-state index in [9.17, 15) is 0 Å². The summed E-state index contributed by atoms with van der Waals surface area (Å²) in [4.78, 5) is 4.06. The van der Waals surface area contributed by atoms with Gasteiger partial charge in [0.15, 0.2) is 0 Å². The quantitative estimate of drug-likeness (QED) is 0.434. The summed E-state index contributed by atoms with van der Waals surface area (Å²) >= 11 is 0. The summed E-state index contributed by atoms with van der Waals surface area (Å²) in [6.45, 7) is 6.17. The van der Waals surface area contributed by atoms with E-state index in [0.29, 0.717) is 0 Å². The third-order valence-electron chi connectivity index (χ3n) is 1.63. The first kappa shape index (κ1) is 10.2. The van der Waals surface area contributed by atoms with Crippen LogP contribution in [0.3, 0.4) is 0 Å². The Kier molecular flexibility index (Phi) is 5.44. The number of hydrogen-bond acceptors (Lipinski definition) is 1. The van der Waals surface area contributed by atoms with E-state index in [1.807, 2.05) is 20.9 Å². The Morgan fingerprint density at radius 1 is 1.36 bits per heavy atom. The molecule has 0 spiro atoms. The van der Waals surface area contributed by atoms with Gasteiger partial charge in [0.25, 0.3) is 0 Å². The maximum absolute atomic E-state index is 4.06. The van der Waals surface area contributed by atoms with Gasteiger partial charge in [0.2, 0.25) is 0 Å². The van der Waals surface area contributed by atoms with Crippen molar-refractivity contribution < 1.29 is 0 Å². The zero-order valence-corrected chi connectivity index (χ0v) is 7.89. The van der Waals surface area contributed by atoms with Crippen molar-refractivity contribution >= 4 is 5.71 Å². The van der Waals surface area contributed by atoms with Crippen molar-refractivity contribution in [2.45, 2.75) is 27.2 Å². The second-order valence-electron chi connectivity index (χ2n) is 2.60. The Balaban J connectivity index is 3.79. The van der Waals surface area contributed by atoms with Crippen LogP contribution in [0.5, 0.6) is 0 Å². The lowest BCUT2D eigenvalue weighted by Gasteiger charge is -1.91. The average Bonchev–Trinajstić information content (AvgIpc) is 2.04. The van der Waals surface area contributed by atoms with E-state index in [1.54, 1.807) is 0 Å². The Morgan fingerprint density at radius 2 is 2.00 bits per heavy atom. The molecule has 0 atom stereocenters.